The summed E-state index contributed by atoms with van der Waals surface area (Å²) in [6.45, 7) is 4.68. The van der Waals surface area contributed by atoms with Crippen LogP contribution in [0, 0.1) is 0 Å². The number of hydrogen-bond acceptors (Lipinski definition) is 4. The van der Waals surface area contributed by atoms with E-state index in [9.17, 15) is 4.79 Å². The van der Waals surface area contributed by atoms with Gasteiger partial charge >= 0.3 is 0 Å². The van der Waals surface area contributed by atoms with Gasteiger partial charge in [0.05, 0.1) is 12.8 Å². The van der Waals surface area contributed by atoms with Crippen LogP contribution in [0.25, 0.3) is 5.69 Å². The average Bonchev–Trinajstić information content (AvgIpc) is 3.04. The van der Waals surface area contributed by atoms with Gasteiger partial charge in [0.15, 0.2) is 0 Å². The molecule has 1 aromatic heterocycles. The summed E-state index contributed by atoms with van der Waals surface area (Å²) in [7, 11) is 1.66. The first-order valence-corrected chi connectivity index (χ1v) is 7.37. The third kappa shape index (κ3) is 2.77. The number of aromatic nitrogens is 2. The molecule has 0 atom stereocenters. The summed E-state index contributed by atoms with van der Waals surface area (Å²) in [4.78, 5) is 20.0. The van der Waals surface area contributed by atoms with Crippen LogP contribution >= 0.6 is 0 Å². The van der Waals surface area contributed by atoms with E-state index in [-0.39, 0.29) is 5.91 Å². The van der Waals surface area contributed by atoms with Crippen molar-refractivity contribution >= 4 is 11.9 Å². The number of carbonyl (C=O) groups excluding carboxylic acids is 1. The fourth-order valence-corrected chi connectivity index (χ4v) is 2.71. The predicted octanol–water partition coefficient (Wildman–Crippen LogP) is 1.55. The Hall–Kier alpha value is -2.50. The van der Waals surface area contributed by atoms with Crippen LogP contribution in [0.15, 0.2) is 36.7 Å². The fourth-order valence-electron chi connectivity index (χ4n) is 2.71. The monoisotopic (exact) mass is 300 g/mol. The first-order valence-electron chi connectivity index (χ1n) is 7.37. The molecule has 1 fully saturated rings. The Bertz CT molecular complexity index is 660. The smallest absolute Gasteiger partial charge is 0.219 e. The van der Waals surface area contributed by atoms with E-state index in [0.717, 1.165) is 43.6 Å². The van der Waals surface area contributed by atoms with Crippen molar-refractivity contribution in [1.82, 2.24) is 14.5 Å². The average molecular weight is 300 g/mol. The molecule has 0 spiro atoms. The fraction of sp³-hybridized carbons (Fsp3) is 0.375. The molecule has 0 radical (unpaired) electrons. The SMILES string of the molecule is COc1cccc(-n2ccnc2N2CCN(C(C)=O)CC2)c1. The first-order chi connectivity index (χ1) is 10.7. The number of rotatable bonds is 3. The standard InChI is InChI=1S/C16H20N4O2/c1-13(21)18-8-10-19(11-9-18)16-17-6-7-20(16)14-4-3-5-15(12-14)22-2/h3-7,12H,8-11H2,1-2H3. The Kier molecular flexibility index (Phi) is 4.00. The molecular weight excluding hydrogens is 280 g/mol. The lowest BCUT2D eigenvalue weighted by Crippen LogP contribution is -2.48. The maximum atomic E-state index is 11.4. The highest BCUT2D eigenvalue weighted by atomic mass is 16.5. The van der Waals surface area contributed by atoms with E-state index in [1.165, 1.54) is 0 Å². The van der Waals surface area contributed by atoms with Gasteiger partial charge in [0, 0.05) is 51.6 Å². The van der Waals surface area contributed by atoms with Crippen molar-refractivity contribution < 1.29 is 9.53 Å². The van der Waals surface area contributed by atoms with Gasteiger partial charge < -0.3 is 14.5 Å². The largest absolute Gasteiger partial charge is 0.497 e. The third-order valence-corrected chi connectivity index (χ3v) is 3.96. The van der Waals surface area contributed by atoms with Crippen molar-refractivity contribution in [3.05, 3.63) is 36.7 Å². The Labute approximate surface area is 129 Å². The maximum Gasteiger partial charge on any atom is 0.219 e. The van der Waals surface area contributed by atoms with E-state index < -0.39 is 0 Å². The zero-order valence-electron chi connectivity index (χ0n) is 12.9. The minimum atomic E-state index is 0.135. The Morgan fingerprint density at radius 1 is 1.23 bits per heavy atom. The molecule has 2 heterocycles. The van der Waals surface area contributed by atoms with Crippen LogP contribution in [0.4, 0.5) is 5.95 Å². The van der Waals surface area contributed by atoms with Gasteiger partial charge in [0.2, 0.25) is 11.9 Å². The molecule has 6 nitrogen and oxygen atoms in total. The summed E-state index contributed by atoms with van der Waals surface area (Å²) in [5.41, 5.74) is 1.01. The number of benzene rings is 1. The molecule has 2 aromatic rings. The summed E-state index contributed by atoms with van der Waals surface area (Å²) in [6.07, 6.45) is 3.74. The van der Waals surface area contributed by atoms with E-state index in [1.54, 1.807) is 20.2 Å². The highest BCUT2D eigenvalue weighted by Gasteiger charge is 2.21. The van der Waals surface area contributed by atoms with Crippen molar-refractivity contribution in [1.29, 1.82) is 0 Å². The summed E-state index contributed by atoms with van der Waals surface area (Å²) in [5, 5.41) is 0. The Balaban J connectivity index is 1.82. The number of ether oxygens (including phenoxy) is 1. The van der Waals surface area contributed by atoms with Crippen molar-refractivity contribution in [2.24, 2.45) is 0 Å². The normalized spacial score (nSPS) is 15.0. The first kappa shape index (κ1) is 14.4. The second kappa shape index (κ2) is 6.09. The summed E-state index contributed by atoms with van der Waals surface area (Å²) in [6, 6.07) is 7.90. The number of hydrogen-bond donors (Lipinski definition) is 0. The molecule has 1 amide bonds. The number of anilines is 1. The van der Waals surface area contributed by atoms with Crippen LogP contribution < -0.4 is 9.64 Å². The number of nitrogens with zero attached hydrogens (tertiary/aromatic N) is 4. The Morgan fingerprint density at radius 3 is 2.68 bits per heavy atom. The summed E-state index contributed by atoms with van der Waals surface area (Å²) < 4.78 is 7.33. The van der Waals surface area contributed by atoms with E-state index in [0.29, 0.717) is 0 Å². The lowest BCUT2D eigenvalue weighted by atomic mass is 10.3. The van der Waals surface area contributed by atoms with Crippen LogP contribution in [-0.4, -0.2) is 53.6 Å². The van der Waals surface area contributed by atoms with Crippen LogP contribution in [0.2, 0.25) is 0 Å². The zero-order valence-corrected chi connectivity index (χ0v) is 12.9. The molecule has 0 N–H and O–H groups in total. The van der Waals surface area contributed by atoms with Gasteiger partial charge in [0.1, 0.15) is 5.75 Å². The van der Waals surface area contributed by atoms with Gasteiger partial charge in [-0.25, -0.2) is 4.98 Å². The molecule has 116 valence electrons. The number of amides is 1. The second-order valence-corrected chi connectivity index (χ2v) is 5.29. The van der Waals surface area contributed by atoms with E-state index in [2.05, 4.69) is 9.88 Å². The highest BCUT2D eigenvalue weighted by molar-refractivity contribution is 5.73. The van der Waals surface area contributed by atoms with Gasteiger partial charge in [-0.15, -0.1) is 0 Å². The number of carbonyl (C=O) groups is 1. The molecule has 1 aliphatic heterocycles. The topological polar surface area (TPSA) is 50.6 Å². The minimum absolute atomic E-state index is 0.135. The molecule has 0 unspecified atom stereocenters. The van der Waals surface area contributed by atoms with Crippen molar-refractivity contribution in [2.75, 3.05) is 38.2 Å². The highest BCUT2D eigenvalue weighted by Crippen LogP contribution is 2.22. The van der Waals surface area contributed by atoms with Crippen molar-refractivity contribution in [2.45, 2.75) is 6.92 Å². The summed E-state index contributed by atoms with van der Waals surface area (Å²) in [5.74, 6) is 1.85. The quantitative estimate of drug-likeness (QED) is 0.863. The van der Waals surface area contributed by atoms with Gasteiger partial charge in [0.25, 0.3) is 0 Å². The van der Waals surface area contributed by atoms with Crippen LogP contribution in [-0.2, 0) is 4.79 Å². The van der Waals surface area contributed by atoms with E-state index >= 15 is 0 Å². The van der Waals surface area contributed by atoms with Gasteiger partial charge in [-0.3, -0.25) is 9.36 Å². The third-order valence-electron chi connectivity index (χ3n) is 3.96. The van der Waals surface area contributed by atoms with Crippen LogP contribution in [0.5, 0.6) is 5.75 Å². The van der Waals surface area contributed by atoms with Gasteiger partial charge in [-0.1, -0.05) is 6.07 Å². The van der Waals surface area contributed by atoms with E-state index in [1.807, 2.05) is 39.9 Å². The molecule has 0 saturated carbocycles. The van der Waals surface area contributed by atoms with Crippen molar-refractivity contribution in [3.63, 3.8) is 0 Å². The maximum absolute atomic E-state index is 11.4. The van der Waals surface area contributed by atoms with E-state index in [4.69, 9.17) is 4.74 Å². The lowest BCUT2D eigenvalue weighted by molar-refractivity contribution is -0.129. The molecule has 3 rings (SSSR count). The number of piperazine rings is 1. The molecule has 22 heavy (non-hydrogen) atoms. The minimum Gasteiger partial charge on any atom is -0.497 e. The molecule has 0 bridgehead atoms. The molecular formula is C16H20N4O2. The van der Waals surface area contributed by atoms with Gasteiger partial charge in [-0.2, -0.15) is 0 Å². The molecule has 6 heteroatoms. The number of methoxy groups -OCH3 is 1. The predicted molar refractivity (Wildman–Crippen MR) is 84.6 cm³/mol. The number of imidazole rings is 1. The molecule has 1 saturated heterocycles. The Morgan fingerprint density at radius 2 is 2.00 bits per heavy atom. The molecule has 1 aliphatic rings. The summed E-state index contributed by atoms with van der Waals surface area (Å²) >= 11 is 0. The zero-order chi connectivity index (χ0) is 15.5. The molecule has 0 aliphatic carbocycles. The second-order valence-electron chi connectivity index (χ2n) is 5.29. The van der Waals surface area contributed by atoms with Crippen LogP contribution in [0.1, 0.15) is 6.92 Å². The lowest BCUT2D eigenvalue weighted by Gasteiger charge is -2.35. The van der Waals surface area contributed by atoms with Crippen LogP contribution in [0.3, 0.4) is 0 Å². The van der Waals surface area contributed by atoms with Gasteiger partial charge in [-0.05, 0) is 12.1 Å². The van der Waals surface area contributed by atoms with Crippen molar-refractivity contribution in [3.8, 4) is 11.4 Å². The molecule has 1 aromatic carbocycles.